The van der Waals surface area contributed by atoms with Gasteiger partial charge in [0.25, 0.3) is 0 Å². The van der Waals surface area contributed by atoms with Crippen molar-refractivity contribution in [1.82, 2.24) is 9.80 Å². The fourth-order valence-electron chi connectivity index (χ4n) is 8.63. The summed E-state index contributed by atoms with van der Waals surface area (Å²) in [6.45, 7) is 17.3. The van der Waals surface area contributed by atoms with Crippen molar-refractivity contribution in [2.45, 2.75) is 46.2 Å². The van der Waals surface area contributed by atoms with Gasteiger partial charge >= 0.3 is 11.9 Å². The number of carboxylic acid groups (broad SMARTS) is 2. The average Bonchev–Trinajstić information content (AvgIpc) is 3.90. The van der Waals surface area contributed by atoms with Gasteiger partial charge < -0.3 is 34.0 Å². The lowest BCUT2D eigenvalue weighted by atomic mass is 9.85. The Morgan fingerprint density at radius 1 is 0.623 bits per heavy atom. The summed E-state index contributed by atoms with van der Waals surface area (Å²) < 4.78 is 11.7. The number of halogens is 1. The van der Waals surface area contributed by atoms with Crippen LogP contribution in [0.1, 0.15) is 64.1 Å². The molecule has 12 heteroatoms. The van der Waals surface area contributed by atoms with Crippen molar-refractivity contribution in [3.63, 3.8) is 0 Å². The number of aromatic hydroxyl groups is 1. The van der Waals surface area contributed by atoms with E-state index in [1.165, 1.54) is 16.3 Å². The van der Waals surface area contributed by atoms with Crippen LogP contribution in [0.25, 0.3) is 32.7 Å². The van der Waals surface area contributed by atoms with Crippen LogP contribution in [0.5, 0.6) is 5.75 Å². The van der Waals surface area contributed by atoms with E-state index in [2.05, 4.69) is 98.8 Å². The highest BCUT2D eigenvalue weighted by atomic mass is 79.9. The van der Waals surface area contributed by atoms with E-state index < -0.39 is 11.9 Å². The first-order valence-electron chi connectivity index (χ1n) is 20.7. The standard InChI is InChI=1S/C25H24N2O3.C24H27BrN2O4/c1-17-21-15-24(25(28)29)30-23(21)10-9-22(17)27-13-11-26(12-14-27)16-19-7-4-6-18-5-2-3-8-20(18)19;1-24(2,3)17-6-4-5-15(22(17)28)14-26-9-11-27(12-10-26)18-7-8-19-16(21(18)25)13-20(31-19)23(29)30/h2-10,15H,11-14,16H2,1H3,(H,28,29);4-8,13,28H,9-12,14H2,1-3H3,(H,29,30). The number of rotatable bonds is 8. The van der Waals surface area contributed by atoms with Gasteiger partial charge in [0.15, 0.2) is 0 Å². The number of aryl methyl sites for hydroxylation is 1. The molecule has 11 nitrogen and oxygen atoms in total. The Morgan fingerprint density at radius 3 is 1.75 bits per heavy atom. The number of furan rings is 2. The number of hydrogen-bond donors (Lipinski definition) is 3. The third-order valence-electron chi connectivity index (χ3n) is 12.0. The summed E-state index contributed by atoms with van der Waals surface area (Å²) in [4.78, 5) is 32.0. The summed E-state index contributed by atoms with van der Waals surface area (Å²) in [7, 11) is 0. The van der Waals surface area contributed by atoms with Crippen LogP contribution in [0.15, 0.2) is 110 Å². The topological polar surface area (TPSA) is 134 Å². The van der Waals surface area contributed by atoms with Crippen molar-refractivity contribution in [2.75, 3.05) is 62.2 Å². The number of phenols is 1. The van der Waals surface area contributed by atoms with Crippen molar-refractivity contribution in [3.05, 3.63) is 135 Å². The van der Waals surface area contributed by atoms with Gasteiger partial charge in [0.05, 0.1) is 10.2 Å². The zero-order valence-electron chi connectivity index (χ0n) is 35.0. The molecule has 0 spiro atoms. The van der Waals surface area contributed by atoms with Gasteiger partial charge in [-0.1, -0.05) is 81.4 Å². The lowest BCUT2D eigenvalue weighted by Crippen LogP contribution is -2.46. The molecule has 7 aromatic rings. The van der Waals surface area contributed by atoms with Crippen molar-refractivity contribution < 1.29 is 33.7 Å². The lowest BCUT2D eigenvalue weighted by Gasteiger charge is -2.37. The first-order valence-corrected chi connectivity index (χ1v) is 21.5. The third-order valence-corrected chi connectivity index (χ3v) is 12.8. The summed E-state index contributed by atoms with van der Waals surface area (Å²) in [6.07, 6.45) is 0. The molecule has 9 rings (SSSR count). The monoisotopic (exact) mass is 886 g/mol. The number of para-hydroxylation sites is 1. The van der Waals surface area contributed by atoms with Gasteiger partial charge in [0.1, 0.15) is 16.9 Å². The zero-order chi connectivity index (χ0) is 43.0. The molecule has 0 saturated carbocycles. The zero-order valence-corrected chi connectivity index (χ0v) is 36.5. The molecule has 0 aliphatic carbocycles. The number of hydrogen-bond acceptors (Lipinski definition) is 9. The minimum absolute atomic E-state index is 0.00911. The van der Waals surface area contributed by atoms with Crippen LogP contribution in [0.2, 0.25) is 0 Å². The highest BCUT2D eigenvalue weighted by molar-refractivity contribution is 9.10. The molecule has 4 heterocycles. The Labute approximate surface area is 363 Å². The Morgan fingerprint density at radius 2 is 1.13 bits per heavy atom. The largest absolute Gasteiger partial charge is 0.507 e. The number of anilines is 2. The smallest absolute Gasteiger partial charge is 0.371 e. The van der Waals surface area contributed by atoms with Crippen LogP contribution in [0.3, 0.4) is 0 Å². The van der Waals surface area contributed by atoms with Crippen LogP contribution in [0.4, 0.5) is 11.4 Å². The minimum Gasteiger partial charge on any atom is -0.507 e. The van der Waals surface area contributed by atoms with E-state index in [0.717, 1.165) is 102 Å². The van der Waals surface area contributed by atoms with Crippen LogP contribution in [0, 0.1) is 6.92 Å². The number of carbonyl (C=O) groups is 2. The summed E-state index contributed by atoms with van der Waals surface area (Å²) in [5, 5.41) is 33.4. The molecule has 2 aliphatic rings. The van der Waals surface area contributed by atoms with E-state index in [1.807, 2.05) is 49.4 Å². The lowest BCUT2D eigenvalue weighted by molar-refractivity contribution is 0.0655. The predicted octanol–water partition coefficient (Wildman–Crippen LogP) is 10.1. The molecule has 0 unspecified atom stereocenters. The van der Waals surface area contributed by atoms with Crippen LogP contribution in [-0.4, -0.2) is 89.4 Å². The number of piperazine rings is 2. The van der Waals surface area contributed by atoms with Gasteiger partial charge in [-0.2, -0.15) is 0 Å². The summed E-state index contributed by atoms with van der Waals surface area (Å²) in [5.41, 5.74) is 7.66. The van der Waals surface area contributed by atoms with Crippen LogP contribution >= 0.6 is 15.9 Å². The quantitative estimate of drug-likeness (QED) is 0.135. The van der Waals surface area contributed by atoms with Crippen molar-refractivity contribution in [3.8, 4) is 5.75 Å². The summed E-state index contributed by atoms with van der Waals surface area (Å²) >= 11 is 3.64. The maximum absolute atomic E-state index is 11.2. The average molecular weight is 888 g/mol. The van der Waals surface area contributed by atoms with Gasteiger partial charge in [-0.25, -0.2) is 9.59 Å². The Balaban J connectivity index is 0.000000168. The normalized spacial score (nSPS) is 15.4. The molecule has 316 valence electrons. The molecule has 2 fully saturated rings. The molecule has 2 aromatic heterocycles. The van der Waals surface area contributed by atoms with E-state index in [1.54, 1.807) is 12.1 Å². The number of phenolic OH excluding ortho intramolecular Hbond substituents is 1. The molecule has 5 aromatic carbocycles. The van der Waals surface area contributed by atoms with E-state index in [9.17, 15) is 24.9 Å². The maximum Gasteiger partial charge on any atom is 0.371 e. The van der Waals surface area contributed by atoms with Crippen molar-refractivity contribution in [2.24, 2.45) is 0 Å². The molecule has 0 bridgehead atoms. The Bertz CT molecular complexity index is 2730. The highest BCUT2D eigenvalue weighted by Crippen LogP contribution is 2.38. The molecular formula is C49H51BrN4O7. The predicted molar refractivity (Wildman–Crippen MR) is 245 cm³/mol. The summed E-state index contributed by atoms with van der Waals surface area (Å²) in [5.74, 6) is -1.77. The molecule has 0 amide bonds. The molecule has 2 aliphatic heterocycles. The first-order chi connectivity index (χ1) is 29.2. The number of benzene rings is 5. The summed E-state index contributed by atoms with van der Waals surface area (Å²) in [6, 6.07) is 32.0. The molecule has 61 heavy (non-hydrogen) atoms. The van der Waals surface area contributed by atoms with Crippen LogP contribution < -0.4 is 9.80 Å². The number of carboxylic acids is 2. The van der Waals surface area contributed by atoms with E-state index in [4.69, 9.17) is 8.83 Å². The highest BCUT2D eigenvalue weighted by Gasteiger charge is 2.25. The molecule has 0 atom stereocenters. The Hall–Kier alpha value is -5.82. The van der Waals surface area contributed by atoms with Crippen molar-refractivity contribution in [1.29, 1.82) is 0 Å². The van der Waals surface area contributed by atoms with E-state index in [-0.39, 0.29) is 16.9 Å². The van der Waals surface area contributed by atoms with Gasteiger partial charge in [-0.05, 0) is 86.1 Å². The third kappa shape index (κ3) is 8.84. The second kappa shape index (κ2) is 17.3. The molecular weight excluding hydrogens is 836 g/mol. The number of aromatic carboxylic acids is 2. The van der Waals surface area contributed by atoms with Gasteiger partial charge in [-0.15, -0.1) is 0 Å². The van der Waals surface area contributed by atoms with E-state index >= 15 is 0 Å². The second-order valence-electron chi connectivity index (χ2n) is 17.0. The fraction of sp³-hybridized carbons (Fsp3) is 0.306. The number of nitrogens with zero attached hydrogens (tertiary/aromatic N) is 4. The van der Waals surface area contributed by atoms with Crippen molar-refractivity contribution >= 4 is 72.0 Å². The Kier molecular flexibility index (Phi) is 11.9. The second-order valence-corrected chi connectivity index (χ2v) is 17.8. The fourth-order valence-corrected chi connectivity index (χ4v) is 9.33. The first kappa shape index (κ1) is 41.9. The van der Waals surface area contributed by atoms with Gasteiger partial charge in [-0.3, -0.25) is 9.80 Å². The van der Waals surface area contributed by atoms with E-state index in [0.29, 0.717) is 23.5 Å². The molecule has 0 radical (unpaired) electrons. The van der Waals surface area contributed by atoms with Gasteiger partial charge in [0, 0.05) is 93.5 Å². The SMILES string of the molecule is CC(C)(C)c1cccc(CN2CCN(c3ccc4oc(C(=O)O)cc4c3Br)CC2)c1O.Cc1c(N2CCN(Cc3cccc4ccccc34)CC2)ccc2oc(C(=O)O)cc12. The minimum atomic E-state index is -1.07. The number of fused-ring (bicyclic) bond motifs is 3. The molecule has 2 saturated heterocycles. The molecule has 3 N–H and O–H groups in total. The van der Waals surface area contributed by atoms with Gasteiger partial charge in [0.2, 0.25) is 11.5 Å². The van der Waals surface area contributed by atoms with Crippen LogP contribution in [-0.2, 0) is 18.5 Å². The maximum atomic E-state index is 11.2.